The molecule has 1 rings (SSSR count). The smallest absolute Gasteiger partial charge is 0.0558 e. The first-order valence-electron chi connectivity index (χ1n) is 7.63. The summed E-state index contributed by atoms with van der Waals surface area (Å²) in [7, 11) is 2.07. The summed E-state index contributed by atoms with van der Waals surface area (Å²) in [5.41, 5.74) is 0.421. The van der Waals surface area contributed by atoms with Gasteiger partial charge in [-0.2, -0.15) is 0 Å². The van der Waals surface area contributed by atoms with Gasteiger partial charge in [-0.1, -0.05) is 25.7 Å². The maximum atomic E-state index is 9.23. The van der Waals surface area contributed by atoms with Crippen LogP contribution in [-0.2, 0) is 0 Å². The zero-order chi connectivity index (χ0) is 13.4. The van der Waals surface area contributed by atoms with E-state index < -0.39 is 0 Å². The monoisotopic (exact) mass is 256 g/mol. The van der Waals surface area contributed by atoms with Crippen molar-refractivity contribution in [1.82, 2.24) is 10.2 Å². The van der Waals surface area contributed by atoms with E-state index in [0.717, 1.165) is 19.6 Å². The molecule has 3 heteroatoms. The Hall–Kier alpha value is -0.120. The van der Waals surface area contributed by atoms with Crippen molar-refractivity contribution in [2.45, 2.75) is 58.4 Å². The Morgan fingerprint density at radius 1 is 1.17 bits per heavy atom. The number of aliphatic hydroxyl groups is 1. The third-order valence-corrected chi connectivity index (χ3v) is 4.37. The molecule has 1 fully saturated rings. The van der Waals surface area contributed by atoms with Crippen molar-refractivity contribution in [2.24, 2.45) is 5.41 Å². The van der Waals surface area contributed by atoms with E-state index >= 15 is 0 Å². The van der Waals surface area contributed by atoms with Gasteiger partial charge in [-0.05, 0) is 39.2 Å². The second-order valence-electron chi connectivity index (χ2n) is 6.23. The Labute approximate surface area is 113 Å². The third-order valence-electron chi connectivity index (χ3n) is 4.37. The molecule has 0 atom stereocenters. The highest BCUT2D eigenvalue weighted by Crippen LogP contribution is 2.35. The number of nitrogens with one attached hydrogen (secondary N) is 1. The van der Waals surface area contributed by atoms with Gasteiger partial charge in [0, 0.05) is 25.7 Å². The normalized spacial score (nSPS) is 20.3. The average molecular weight is 256 g/mol. The SMILES string of the molecule is CNCC1(CN(CCO)C(C)C)CCCCCC1. The van der Waals surface area contributed by atoms with Crippen LogP contribution in [0.4, 0.5) is 0 Å². The summed E-state index contributed by atoms with van der Waals surface area (Å²) in [5.74, 6) is 0. The number of aliphatic hydroxyl groups excluding tert-OH is 1. The fraction of sp³-hybridized carbons (Fsp3) is 1.00. The molecule has 0 aromatic carbocycles. The van der Waals surface area contributed by atoms with Crippen LogP contribution in [0.5, 0.6) is 0 Å². The van der Waals surface area contributed by atoms with Crippen molar-refractivity contribution >= 4 is 0 Å². The van der Waals surface area contributed by atoms with E-state index in [-0.39, 0.29) is 6.61 Å². The molecule has 0 bridgehead atoms. The summed E-state index contributed by atoms with van der Waals surface area (Å²) in [5, 5.41) is 12.6. The minimum Gasteiger partial charge on any atom is -0.395 e. The first kappa shape index (κ1) is 15.9. The van der Waals surface area contributed by atoms with Gasteiger partial charge < -0.3 is 10.4 Å². The number of hydrogen-bond donors (Lipinski definition) is 2. The van der Waals surface area contributed by atoms with Crippen molar-refractivity contribution in [3.63, 3.8) is 0 Å². The standard InChI is InChI=1S/C15H32N2O/c1-14(2)17(10-11-18)13-15(12-16-3)8-6-4-5-7-9-15/h14,16,18H,4-13H2,1-3H3. The number of hydrogen-bond acceptors (Lipinski definition) is 3. The summed E-state index contributed by atoms with van der Waals surface area (Å²) < 4.78 is 0. The van der Waals surface area contributed by atoms with E-state index in [2.05, 4.69) is 31.1 Å². The molecule has 0 amide bonds. The zero-order valence-corrected chi connectivity index (χ0v) is 12.5. The molecule has 0 aromatic heterocycles. The highest BCUT2D eigenvalue weighted by molar-refractivity contribution is 4.87. The molecule has 1 aliphatic carbocycles. The number of rotatable bonds is 7. The molecule has 1 saturated carbocycles. The van der Waals surface area contributed by atoms with E-state index in [9.17, 15) is 5.11 Å². The molecule has 0 saturated heterocycles. The fourth-order valence-corrected chi connectivity index (χ4v) is 3.32. The predicted octanol–water partition coefficient (Wildman–Crippen LogP) is 2.25. The van der Waals surface area contributed by atoms with Crippen LogP contribution in [0.2, 0.25) is 0 Å². The first-order chi connectivity index (χ1) is 8.63. The molecule has 0 heterocycles. The largest absolute Gasteiger partial charge is 0.395 e. The van der Waals surface area contributed by atoms with Crippen LogP contribution in [0.1, 0.15) is 52.4 Å². The summed E-state index contributed by atoms with van der Waals surface area (Å²) in [6.07, 6.45) is 8.20. The van der Waals surface area contributed by atoms with Crippen molar-refractivity contribution in [3.05, 3.63) is 0 Å². The minimum absolute atomic E-state index is 0.272. The van der Waals surface area contributed by atoms with Crippen molar-refractivity contribution < 1.29 is 5.11 Å². The van der Waals surface area contributed by atoms with E-state index in [1.807, 2.05) is 0 Å². The van der Waals surface area contributed by atoms with Gasteiger partial charge in [0.15, 0.2) is 0 Å². The number of nitrogens with zero attached hydrogens (tertiary/aromatic N) is 1. The molecule has 0 unspecified atom stereocenters. The van der Waals surface area contributed by atoms with Crippen LogP contribution >= 0.6 is 0 Å². The molecule has 0 spiro atoms. The molecular formula is C15H32N2O. The average Bonchev–Trinajstić information content (AvgIpc) is 2.55. The molecule has 1 aliphatic rings. The van der Waals surface area contributed by atoms with Crippen LogP contribution in [0.15, 0.2) is 0 Å². The maximum Gasteiger partial charge on any atom is 0.0558 e. The first-order valence-corrected chi connectivity index (χ1v) is 7.63. The maximum absolute atomic E-state index is 9.23. The Balaban J connectivity index is 2.68. The molecule has 0 aromatic rings. The lowest BCUT2D eigenvalue weighted by Crippen LogP contribution is -2.46. The van der Waals surface area contributed by atoms with Crippen LogP contribution in [0.3, 0.4) is 0 Å². The fourth-order valence-electron chi connectivity index (χ4n) is 3.32. The second-order valence-corrected chi connectivity index (χ2v) is 6.23. The third kappa shape index (κ3) is 4.87. The molecule has 0 radical (unpaired) electrons. The van der Waals surface area contributed by atoms with Gasteiger partial charge in [0.25, 0.3) is 0 Å². The van der Waals surface area contributed by atoms with Crippen molar-refractivity contribution in [3.8, 4) is 0 Å². The van der Waals surface area contributed by atoms with Gasteiger partial charge >= 0.3 is 0 Å². The second kappa shape index (κ2) is 8.13. The molecule has 3 nitrogen and oxygen atoms in total. The lowest BCUT2D eigenvalue weighted by atomic mass is 9.79. The van der Waals surface area contributed by atoms with E-state index in [0.29, 0.717) is 11.5 Å². The lowest BCUT2D eigenvalue weighted by Gasteiger charge is -2.39. The highest BCUT2D eigenvalue weighted by atomic mass is 16.3. The molecule has 2 N–H and O–H groups in total. The molecular weight excluding hydrogens is 224 g/mol. The van der Waals surface area contributed by atoms with Crippen LogP contribution in [-0.4, -0.2) is 49.3 Å². The Morgan fingerprint density at radius 3 is 2.22 bits per heavy atom. The predicted molar refractivity (Wildman–Crippen MR) is 77.9 cm³/mol. The van der Waals surface area contributed by atoms with E-state index in [1.54, 1.807) is 0 Å². The summed E-state index contributed by atoms with van der Waals surface area (Å²) >= 11 is 0. The quantitative estimate of drug-likeness (QED) is 0.686. The van der Waals surface area contributed by atoms with Gasteiger partial charge in [0.1, 0.15) is 0 Å². The molecule has 108 valence electrons. The van der Waals surface area contributed by atoms with Gasteiger partial charge in [-0.25, -0.2) is 0 Å². The van der Waals surface area contributed by atoms with Crippen molar-refractivity contribution in [2.75, 3.05) is 33.3 Å². The van der Waals surface area contributed by atoms with Gasteiger partial charge in [-0.15, -0.1) is 0 Å². The lowest BCUT2D eigenvalue weighted by molar-refractivity contribution is 0.0872. The van der Waals surface area contributed by atoms with Crippen LogP contribution in [0, 0.1) is 5.41 Å². The molecule has 0 aliphatic heterocycles. The van der Waals surface area contributed by atoms with E-state index in [1.165, 1.54) is 38.5 Å². The summed E-state index contributed by atoms with van der Waals surface area (Å²) in [6, 6.07) is 0.522. The Morgan fingerprint density at radius 2 is 1.78 bits per heavy atom. The van der Waals surface area contributed by atoms with Gasteiger partial charge in [0.05, 0.1) is 6.61 Å². The van der Waals surface area contributed by atoms with Crippen LogP contribution < -0.4 is 5.32 Å². The van der Waals surface area contributed by atoms with Crippen LogP contribution in [0.25, 0.3) is 0 Å². The summed E-state index contributed by atoms with van der Waals surface area (Å²) in [6.45, 7) is 7.80. The van der Waals surface area contributed by atoms with E-state index in [4.69, 9.17) is 0 Å². The van der Waals surface area contributed by atoms with Gasteiger partial charge in [0.2, 0.25) is 0 Å². The Kier molecular flexibility index (Phi) is 7.20. The Bertz CT molecular complexity index is 211. The minimum atomic E-state index is 0.272. The molecule has 18 heavy (non-hydrogen) atoms. The van der Waals surface area contributed by atoms with Crippen molar-refractivity contribution in [1.29, 1.82) is 0 Å². The topological polar surface area (TPSA) is 35.5 Å². The zero-order valence-electron chi connectivity index (χ0n) is 12.5. The highest BCUT2D eigenvalue weighted by Gasteiger charge is 2.32. The summed E-state index contributed by atoms with van der Waals surface area (Å²) in [4.78, 5) is 2.45. The van der Waals surface area contributed by atoms with Gasteiger partial charge in [-0.3, -0.25) is 4.90 Å².